The van der Waals surface area contributed by atoms with Crippen LogP contribution in [0.25, 0.3) is 11.4 Å². The molecule has 1 heterocycles. The molecule has 3 rings (SSSR count). The largest absolute Gasteiger partial charge is 0.493 e. The van der Waals surface area contributed by atoms with Crippen molar-refractivity contribution < 1.29 is 9.47 Å². The van der Waals surface area contributed by atoms with E-state index in [9.17, 15) is 0 Å². The Kier molecular flexibility index (Phi) is 6.51. The van der Waals surface area contributed by atoms with E-state index in [1.807, 2.05) is 55.5 Å². The fourth-order valence-corrected chi connectivity index (χ4v) is 2.08. The van der Waals surface area contributed by atoms with E-state index < -0.39 is 0 Å². The molecule has 0 saturated carbocycles. The van der Waals surface area contributed by atoms with Crippen molar-refractivity contribution in [2.75, 3.05) is 18.9 Å². The number of aryl methyl sites for hydroxylation is 1. The van der Waals surface area contributed by atoms with Crippen molar-refractivity contribution >= 4 is 18.8 Å². The maximum Gasteiger partial charge on any atom is 0.252 e. The molecule has 0 radical (unpaired) electrons. The minimum absolute atomic E-state index is 0.474. The van der Waals surface area contributed by atoms with Gasteiger partial charge in [-0.2, -0.15) is 4.98 Å². The highest BCUT2D eigenvalue weighted by atomic mass is 32.1. The van der Waals surface area contributed by atoms with Gasteiger partial charge in [0.15, 0.2) is 17.3 Å². The topological polar surface area (TPSA) is 72.1 Å². The summed E-state index contributed by atoms with van der Waals surface area (Å²) in [6, 6.07) is 15.6. The number of hydrogen-bond donors (Lipinski definition) is 3. The lowest BCUT2D eigenvalue weighted by molar-refractivity contribution is 0.354. The summed E-state index contributed by atoms with van der Waals surface area (Å²) < 4.78 is 12.7. The molecule has 0 aliphatic carbocycles. The highest BCUT2D eigenvalue weighted by Gasteiger charge is 2.02. The van der Waals surface area contributed by atoms with Crippen LogP contribution in [0.15, 0.2) is 48.5 Å². The van der Waals surface area contributed by atoms with Crippen LogP contribution in [0, 0.1) is 6.92 Å². The second-order valence-corrected chi connectivity index (χ2v) is 5.07. The third-order valence-corrected chi connectivity index (χ3v) is 3.37. The van der Waals surface area contributed by atoms with Gasteiger partial charge in [0.25, 0.3) is 5.95 Å². The number of anilines is 1. The van der Waals surface area contributed by atoms with Gasteiger partial charge in [-0.05, 0) is 24.6 Å². The number of ether oxygens (including phenoxy) is 2. The lowest BCUT2D eigenvalue weighted by atomic mass is 10.2. The molecule has 0 atom stereocenters. The van der Waals surface area contributed by atoms with Crippen molar-refractivity contribution in [3.05, 3.63) is 54.1 Å². The standard InChI is InChI=1S/C9H12O2.C8H8N4S/c1-7-4-5-8(10-2)9(6-7)11-3;13-12-8-9-7(10-11-8)6-4-2-1-3-5-6/h4-6H,1-3H3;1-5,13H,(H2,9,10,11,12). The molecule has 0 saturated heterocycles. The predicted molar refractivity (Wildman–Crippen MR) is 98.7 cm³/mol. The first-order chi connectivity index (χ1) is 11.7. The van der Waals surface area contributed by atoms with E-state index in [0.29, 0.717) is 5.95 Å². The molecule has 0 fully saturated rings. The minimum atomic E-state index is 0.474. The monoisotopic (exact) mass is 344 g/mol. The molecule has 6 nitrogen and oxygen atoms in total. The summed E-state index contributed by atoms with van der Waals surface area (Å²) >= 11 is 3.84. The van der Waals surface area contributed by atoms with E-state index in [0.717, 1.165) is 22.9 Å². The summed E-state index contributed by atoms with van der Waals surface area (Å²) in [7, 11) is 3.27. The van der Waals surface area contributed by atoms with Gasteiger partial charge in [0, 0.05) is 5.56 Å². The van der Waals surface area contributed by atoms with Gasteiger partial charge in [-0.15, -0.1) is 5.10 Å². The van der Waals surface area contributed by atoms with Crippen molar-refractivity contribution in [2.45, 2.75) is 6.92 Å². The number of aromatic amines is 1. The Hall–Kier alpha value is -2.67. The van der Waals surface area contributed by atoms with Crippen molar-refractivity contribution in [2.24, 2.45) is 0 Å². The molecule has 2 N–H and O–H groups in total. The Labute approximate surface area is 146 Å². The Morgan fingerprint density at radius 2 is 1.71 bits per heavy atom. The molecule has 0 amide bonds. The molecule has 0 aliphatic rings. The molecule has 126 valence electrons. The van der Waals surface area contributed by atoms with Crippen LogP contribution in [0.3, 0.4) is 0 Å². The average Bonchev–Trinajstić information content (AvgIpc) is 3.12. The highest BCUT2D eigenvalue weighted by molar-refractivity contribution is 7.81. The Morgan fingerprint density at radius 1 is 1.00 bits per heavy atom. The number of nitrogens with one attached hydrogen (secondary N) is 2. The zero-order valence-corrected chi connectivity index (χ0v) is 14.7. The van der Waals surface area contributed by atoms with Crippen LogP contribution in [0.4, 0.5) is 5.95 Å². The summed E-state index contributed by atoms with van der Waals surface area (Å²) in [6.45, 7) is 2.02. The van der Waals surface area contributed by atoms with Gasteiger partial charge in [0.1, 0.15) is 0 Å². The zero-order valence-electron chi connectivity index (χ0n) is 13.8. The van der Waals surface area contributed by atoms with E-state index in [2.05, 4.69) is 32.7 Å². The van der Waals surface area contributed by atoms with Gasteiger partial charge < -0.3 is 9.47 Å². The number of methoxy groups -OCH3 is 2. The molecular weight excluding hydrogens is 324 g/mol. The molecule has 0 spiro atoms. The highest BCUT2D eigenvalue weighted by Crippen LogP contribution is 2.26. The molecule has 1 aromatic heterocycles. The van der Waals surface area contributed by atoms with Crippen LogP contribution in [0.5, 0.6) is 11.5 Å². The quantitative estimate of drug-likeness (QED) is 0.629. The van der Waals surface area contributed by atoms with E-state index in [1.54, 1.807) is 14.2 Å². The molecule has 7 heteroatoms. The van der Waals surface area contributed by atoms with E-state index in [4.69, 9.17) is 9.47 Å². The SMILES string of the molecule is COc1ccc(C)cc1OC.SNc1n[nH]c(-c2ccccc2)n1. The maximum absolute atomic E-state index is 5.09. The number of H-pyrrole nitrogens is 1. The first-order valence-electron chi connectivity index (χ1n) is 7.24. The van der Waals surface area contributed by atoms with Crippen LogP contribution in [-0.2, 0) is 0 Å². The molecule has 0 bridgehead atoms. The third kappa shape index (κ3) is 4.66. The number of benzene rings is 2. The number of aromatic nitrogens is 3. The van der Waals surface area contributed by atoms with Crippen molar-refractivity contribution in [3.8, 4) is 22.9 Å². The number of rotatable bonds is 4. The van der Waals surface area contributed by atoms with Crippen LogP contribution < -0.4 is 14.2 Å². The first-order valence-corrected chi connectivity index (χ1v) is 7.69. The average molecular weight is 344 g/mol. The maximum atomic E-state index is 5.09. The van der Waals surface area contributed by atoms with E-state index >= 15 is 0 Å². The number of thiol groups is 1. The van der Waals surface area contributed by atoms with Crippen LogP contribution in [0.1, 0.15) is 5.56 Å². The van der Waals surface area contributed by atoms with Crippen molar-refractivity contribution in [1.82, 2.24) is 15.2 Å². The van der Waals surface area contributed by atoms with Gasteiger partial charge in [0.05, 0.1) is 14.2 Å². The van der Waals surface area contributed by atoms with E-state index in [-0.39, 0.29) is 0 Å². The number of hydrogen-bond acceptors (Lipinski definition) is 6. The van der Waals surface area contributed by atoms with E-state index in [1.165, 1.54) is 5.56 Å². The zero-order chi connectivity index (χ0) is 17.4. The van der Waals surface area contributed by atoms with Gasteiger partial charge in [-0.3, -0.25) is 9.82 Å². The Morgan fingerprint density at radius 3 is 2.29 bits per heavy atom. The molecule has 24 heavy (non-hydrogen) atoms. The summed E-state index contributed by atoms with van der Waals surface area (Å²) in [5, 5.41) is 6.69. The van der Waals surface area contributed by atoms with Crippen LogP contribution in [-0.4, -0.2) is 29.4 Å². The van der Waals surface area contributed by atoms with Crippen molar-refractivity contribution in [3.63, 3.8) is 0 Å². The molecule has 3 aromatic rings. The Balaban J connectivity index is 0.000000177. The third-order valence-electron chi connectivity index (χ3n) is 3.17. The van der Waals surface area contributed by atoms with Crippen LogP contribution >= 0.6 is 12.8 Å². The van der Waals surface area contributed by atoms with Gasteiger partial charge in [-0.1, -0.05) is 49.2 Å². The summed E-state index contributed by atoms with van der Waals surface area (Å²) in [5.41, 5.74) is 2.17. The second-order valence-electron chi connectivity index (χ2n) is 4.84. The van der Waals surface area contributed by atoms with Gasteiger partial charge in [-0.25, -0.2) is 0 Å². The molecule has 2 aromatic carbocycles. The normalized spacial score (nSPS) is 9.67. The first kappa shape index (κ1) is 17.7. The molecule has 0 aliphatic heterocycles. The minimum Gasteiger partial charge on any atom is -0.493 e. The fraction of sp³-hybridized carbons (Fsp3) is 0.176. The second kappa shape index (κ2) is 8.83. The van der Waals surface area contributed by atoms with Gasteiger partial charge in [0.2, 0.25) is 0 Å². The summed E-state index contributed by atoms with van der Waals surface area (Å²) in [6.07, 6.45) is 0. The lowest BCUT2D eigenvalue weighted by Gasteiger charge is -2.06. The molecule has 0 unspecified atom stereocenters. The fourth-order valence-electron chi connectivity index (χ4n) is 1.98. The number of nitrogens with zero attached hydrogens (tertiary/aromatic N) is 2. The van der Waals surface area contributed by atoms with Crippen molar-refractivity contribution in [1.29, 1.82) is 0 Å². The molecular formula is C17H20N4O2S. The van der Waals surface area contributed by atoms with Crippen LogP contribution in [0.2, 0.25) is 0 Å². The lowest BCUT2D eigenvalue weighted by Crippen LogP contribution is -1.90. The predicted octanol–water partition coefficient (Wildman–Crippen LogP) is 3.74. The summed E-state index contributed by atoms with van der Waals surface area (Å²) in [5.74, 6) is 2.77. The Bertz CT molecular complexity index is 762. The smallest absolute Gasteiger partial charge is 0.252 e. The summed E-state index contributed by atoms with van der Waals surface area (Å²) in [4.78, 5) is 4.14. The van der Waals surface area contributed by atoms with Gasteiger partial charge >= 0.3 is 0 Å².